The summed E-state index contributed by atoms with van der Waals surface area (Å²) >= 11 is 0. The lowest BCUT2D eigenvalue weighted by Crippen LogP contribution is -2.49. The molecule has 240 valence electrons. The second-order valence-corrected chi connectivity index (χ2v) is 16.8. The number of hydrogen-bond acceptors (Lipinski definition) is 8. The Morgan fingerprint density at radius 1 is 0.822 bits per heavy atom. The zero-order chi connectivity index (χ0) is 32.3. The standard InChI is InChI=1S/C32H35F2N3O6S2/c1-32(2)10-8-20(9-11-32)44(39,40)21-4-6-23-24-7-5-22(17-26(24)31(35-38)25(23)16-21)45(41,42)37-14-12-36(13-15-37)29-18-28(34)30(43-3)19-27(29)33/h4-7,16-20,38H,8-15H2,1-3H3/b35-31-. The number of benzene rings is 3. The predicted molar refractivity (Wildman–Crippen MR) is 166 cm³/mol. The van der Waals surface area contributed by atoms with E-state index in [1.807, 2.05) is 0 Å². The van der Waals surface area contributed by atoms with Crippen molar-refractivity contribution in [2.24, 2.45) is 10.6 Å². The molecule has 0 atom stereocenters. The van der Waals surface area contributed by atoms with Crippen LogP contribution in [0.3, 0.4) is 0 Å². The van der Waals surface area contributed by atoms with Gasteiger partial charge in [0.1, 0.15) is 11.5 Å². The molecule has 1 aliphatic heterocycles. The highest BCUT2D eigenvalue weighted by molar-refractivity contribution is 7.92. The van der Waals surface area contributed by atoms with E-state index >= 15 is 0 Å². The molecule has 1 saturated heterocycles. The molecule has 2 aliphatic carbocycles. The lowest BCUT2D eigenvalue weighted by molar-refractivity contribution is 0.246. The molecule has 0 radical (unpaired) electrons. The lowest BCUT2D eigenvalue weighted by atomic mass is 9.77. The van der Waals surface area contributed by atoms with Crippen LogP contribution in [-0.4, -0.2) is 70.6 Å². The van der Waals surface area contributed by atoms with Crippen molar-refractivity contribution < 1.29 is 35.6 Å². The number of oxime groups is 1. The number of sulfonamides is 1. The number of rotatable bonds is 6. The molecule has 1 heterocycles. The molecule has 1 saturated carbocycles. The van der Waals surface area contributed by atoms with Gasteiger partial charge in [-0.25, -0.2) is 25.6 Å². The summed E-state index contributed by atoms with van der Waals surface area (Å²) in [5.41, 5.74) is 2.30. The van der Waals surface area contributed by atoms with Gasteiger partial charge in [0.2, 0.25) is 10.0 Å². The molecule has 1 N–H and O–H groups in total. The molecule has 13 heteroatoms. The van der Waals surface area contributed by atoms with Crippen LogP contribution in [0.5, 0.6) is 5.75 Å². The minimum Gasteiger partial charge on any atom is -0.494 e. The fourth-order valence-corrected chi connectivity index (χ4v) is 9.84. The molecule has 0 bridgehead atoms. The maximum absolute atomic E-state index is 14.6. The molecule has 0 unspecified atom stereocenters. The highest BCUT2D eigenvalue weighted by Crippen LogP contribution is 2.42. The van der Waals surface area contributed by atoms with Crippen molar-refractivity contribution in [3.05, 3.63) is 71.3 Å². The summed E-state index contributed by atoms with van der Waals surface area (Å²) in [5.74, 6) is -1.60. The summed E-state index contributed by atoms with van der Waals surface area (Å²) in [7, 11) is -6.39. The summed E-state index contributed by atoms with van der Waals surface area (Å²) in [6.07, 6.45) is 2.80. The molecule has 3 aromatic carbocycles. The predicted octanol–water partition coefficient (Wildman–Crippen LogP) is 5.43. The Labute approximate surface area is 262 Å². The van der Waals surface area contributed by atoms with Crippen molar-refractivity contribution in [3.8, 4) is 16.9 Å². The van der Waals surface area contributed by atoms with Gasteiger partial charge in [-0.3, -0.25) is 0 Å². The third kappa shape index (κ3) is 5.48. The van der Waals surface area contributed by atoms with Crippen LogP contribution in [0.1, 0.15) is 50.7 Å². The summed E-state index contributed by atoms with van der Waals surface area (Å²) in [6.45, 7) is 4.63. The highest BCUT2D eigenvalue weighted by atomic mass is 32.2. The first-order chi connectivity index (χ1) is 21.3. The number of ether oxygens (including phenoxy) is 1. The topological polar surface area (TPSA) is 117 Å². The number of piperazine rings is 1. The Morgan fingerprint density at radius 3 is 1.98 bits per heavy atom. The Bertz CT molecular complexity index is 1910. The minimum atomic E-state index is -4.01. The van der Waals surface area contributed by atoms with Crippen molar-refractivity contribution in [1.82, 2.24) is 4.31 Å². The molecule has 45 heavy (non-hydrogen) atoms. The van der Waals surface area contributed by atoms with Crippen LogP contribution < -0.4 is 9.64 Å². The van der Waals surface area contributed by atoms with E-state index in [-0.39, 0.29) is 58.5 Å². The number of nitrogens with zero attached hydrogens (tertiary/aromatic N) is 3. The number of fused-ring (bicyclic) bond motifs is 3. The fraction of sp³-hybridized carbons (Fsp3) is 0.406. The van der Waals surface area contributed by atoms with Gasteiger partial charge in [-0.15, -0.1) is 0 Å². The first kappa shape index (κ1) is 31.4. The molecule has 3 aromatic rings. The fourth-order valence-electron chi connectivity index (χ4n) is 6.61. The number of methoxy groups -OCH3 is 1. The number of halogens is 2. The monoisotopic (exact) mass is 659 g/mol. The Balaban J connectivity index is 1.23. The van der Waals surface area contributed by atoms with E-state index < -0.39 is 36.7 Å². The molecule has 0 amide bonds. The van der Waals surface area contributed by atoms with Crippen molar-refractivity contribution in [2.45, 2.75) is 54.6 Å². The van der Waals surface area contributed by atoms with Gasteiger partial charge in [-0.1, -0.05) is 31.1 Å². The quantitative estimate of drug-likeness (QED) is 0.217. The van der Waals surface area contributed by atoms with Crippen molar-refractivity contribution in [2.75, 3.05) is 38.2 Å². The van der Waals surface area contributed by atoms with E-state index in [4.69, 9.17) is 4.74 Å². The van der Waals surface area contributed by atoms with Gasteiger partial charge < -0.3 is 14.8 Å². The van der Waals surface area contributed by atoms with Crippen LogP contribution in [0.15, 0.2) is 63.5 Å². The molecule has 9 nitrogen and oxygen atoms in total. The van der Waals surface area contributed by atoms with Crippen LogP contribution in [0, 0.1) is 17.0 Å². The van der Waals surface area contributed by atoms with E-state index in [0.29, 0.717) is 35.1 Å². The summed E-state index contributed by atoms with van der Waals surface area (Å²) in [4.78, 5) is 1.71. The highest BCUT2D eigenvalue weighted by Gasteiger charge is 2.37. The van der Waals surface area contributed by atoms with Gasteiger partial charge in [0.15, 0.2) is 21.4 Å². The molecular weight excluding hydrogens is 624 g/mol. The molecule has 0 spiro atoms. The van der Waals surface area contributed by atoms with E-state index in [1.54, 1.807) is 23.1 Å². The third-order valence-electron chi connectivity index (χ3n) is 9.37. The van der Waals surface area contributed by atoms with Gasteiger partial charge in [-0.2, -0.15) is 4.31 Å². The smallest absolute Gasteiger partial charge is 0.243 e. The molecule has 2 fully saturated rings. The number of sulfone groups is 1. The van der Waals surface area contributed by atoms with E-state index in [0.717, 1.165) is 25.0 Å². The van der Waals surface area contributed by atoms with Crippen LogP contribution in [0.25, 0.3) is 11.1 Å². The van der Waals surface area contributed by atoms with Crippen LogP contribution >= 0.6 is 0 Å². The van der Waals surface area contributed by atoms with Crippen LogP contribution in [0.2, 0.25) is 0 Å². The Morgan fingerprint density at radius 2 is 1.40 bits per heavy atom. The average Bonchev–Trinajstić information content (AvgIpc) is 3.34. The first-order valence-corrected chi connectivity index (χ1v) is 17.8. The maximum atomic E-state index is 14.6. The van der Waals surface area contributed by atoms with Gasteiger partial charge in [-0.05, 0) is 66.5 Å². The summed E-state index contributed by atoms with van der Waals surface area (Å²) in [5, 5.41) is 13.0. The first-order valence-electron chi connectivity index (χ1n) is 14.8. The second kappa shape index (κ2) is 11.4. The normalized spacial score (nSPS) is 19.8. The van der Waals surface area contributed by atoms with E-state index in [1.165, 1.54) is 29.6 Å². The SMILES string of the molecule is COc1cc(F)c(N2CCN(S(=O)(=O)c3ccc4c(c3)/C(=N\O)c3cc(S(=O)(=O)C5CCC(C)(C)CC5)ccc3-4)CC2)cc1F. The largest absolute Gasteiger partial charge is 0.494 e. The maximum Gasteiger partial charge on any atom is 0.243 e. The lowest BCUT2D eigenvalue weighted by Gasteiger charge is -2.35. The third-order valence-corrected chi connectivity index (χ3v) is 13.5. The zero-order valence-electron chi connectivity index (χ0n) is 25.3. The summed E-state index contributed by atoms with van der Waals surface area (Å²) < 4.78 is 89.5. The van der Waals surface area contributed by atoms with Crippen LogP contribution in [-0.2, 0) is 19.9 Å². The Hall–Kier alpha value is -3.55. The van der Waals surface area contributed by atoms with Crippen molar-refractivity contribution in [3.63, 3.8) is 0 Å². The Kier molecular flexibility index (Phi) is 7.93. The zero-order valence-corrected chi connectivity index (χ0v) is 26.9. The van der Waals surface area contributed by atoms with Crippen LogP contribution in [0.4, 0.5) is 14.5 Å². The second-order valence-electron chi connectivity index (χ2n) is 12.6. The molecular formula is C32H35F2N3O6S2. The molecule has 3 aliphatic rings. The molecule has 0 aromatic heterocycles. The van der Waals surface area contributed by atoms with E-state index in [9.17, 15) is 30.8 Å². The van der Waals surface area contributed by atoms with Crippen molar-refractivity contribution in [1.29, 1.82) is 0 Å². The van der Waals surface area contributed by atoms with Gasteiger partial charge in [0, 0.05) is 49.4 Å². The van der Waals surface area contributed by atoms with Gasteiger partial charge >= 0.3 is 0 Å². The van der Waals surface area contributed by atoms with Crippen molar-refractivity contribution >= 4 is 31.3 Å². The molecule has 6 rings (SSSR count). The number of hydrogen-bond donors (Lipinski definition) is 1. The minimum absolute atomic E-state index is 0.0250. The van der Waals surface area contributed by atoms with E-state index in [2.05, 4.69) is 19.0 Å². The summed E-state index contributed by atoms with van der Waals surface area (Å²) in [6, 6.07) is 11.3. The van der Waals surface area contributed by atoms with Gasteiger partial charge in [0.05, 0.1) is 27.8 Å². The average molecular weight is 660 g/mol. The number of anilines is 1. The van der Waals surface area contributed by atoms with Gasteiger partial charge in [0.25, 0.3) is 0 Å².